The molecule has 0 atom stereocenters. The van der Waals surface area contributed by atoms with Crippen molar-refractivity contribution in [2.24, 2.45) is 0 Å². The lowest BCUT2D eigenvalue weighted by Crippen LogP contribution is -2.10. The van der Waals surface area contributed by atoms with Crippen molar-refractivity contribution in [2.45, 2.75) is 155 Å². The van der Waals surface area contributed by atoms with Crippen LogP contribution in [0.15, 0.2) is 72.8 Å². The smallest absolute Gasteiger partial charge is 0.343 e. The van der Waals surface area contributed by atoms with Crippen LogP contribution < -0.4 is 18.9 Å². The fraction of sp³-hybridized carbons (Fsp3) is 0.500. The van der Waals surface area contributed by atoms with Crippen molar-refractivity contribution in [3.8, 4) is 34.1 Å². The highest BCUT2D eigenvalue weighted by atomic mass is 16.6. The van der Waals surface area contributed by atoms with Crippen LogP contribution in [0.1, 0.15) is 174 Å². The Balaban J connectivity index is 1.16. The summed E-state index contributed by atoms with van der Waals surface area (Å²) < 4.78 is 28.8. The molecule has 0 amide bonds. The van der Waals surface area contributed by atoms with Crippen LogP contribution in [0.5, 0.6) is 23.0 Å². The Morgan fingerprint density at radius 2 is 0.800 bits per heavy atom. The van der Waals surface area contributed by atoms with Crippen LogP contribution in [-0.2, 0) is 18.0 Å². The quantitative estimate of drug-likeness (QED) is 0.0161. The third-order valence-corrected chi connectivity index (χ3v) is 11.6. The van der Waals surface area contributed by atoms with Gasteiger partial charge in [-0.2, -0.15) is 0 Å². The zero-order chi connectivity index (χ0) is 46.2. The van der Waals surface area contributed by atoms with E-state index in [0.717, 1.165) is 37.8 Å². The predicted octanol–water partition coefficient (Wildman–Crippen LogP) is 14.2. The molecule has 4 aromatic carbocycles. The number of benzene rings is 4. The molecule has 1 heterocycles. The highest BCUT2D eigenvalue weighted by molar-refractivity contribution is 5.93. The van der Waals surface area contributed by atoms with E-state index in [4.69, 9.17) is 23.7 Å². The number of hydrogen-bond donors (Lipinski definition) is 0. The number of esters is 2. The van der Waals surface area contributed by atoms with E-state index in [-0.39, 0.29) is 58.1 Å². The van der Waals surface area contributed by atoms with Gasteiger partial charge in [0.25, 0.3) is 11.4 Å². The number of ether oxygens (including phenoxy) is 5. The minimum absolute atomic E-state index is 0.0517. The first-order valence-corrected chi connectivity index (χ1v) is 23.8. The first-order chi connectivity index (χ1) is 31.7. The highest BCUT2D eigenvalue weighted by Crippen LogP contribution is 2.47. The fourth-order valence-electron chi connectivity index (χ4n) is 8.06. The summed E-state index contributed by atoms with van der Waals surface area (Å²) in [4.78, 5) is 50.1. The first-order valence-electron chi connectivity index (χ1n) is 23.8. The number of nitrogens with zero attached hydrogens (tertiary/aromatic N) is 2. The first kappa shape index (κ1) is 50.2. The summed E-state index contributed by atoms with van der Waals surface area (Å²) in [7, 11) is 0. The molecule has 13 nitrogen and oxygen atoms in total. The predicted molar refractivity (Wildman–Crippen MR) is 251 cm³/mol. The molecule has 13 heteroatoms. The number of nitro benzene ring substituents is 2. The number of carbonyl (C=O) groups excluding carboxylic acids is 2. The van der Waals surface area contributed by atoms with Gasteiger partial charge in [-0.05, 0) is 84.6 Å². The molecule has 0 saturated heterocycles. The molecule has 0 aliphatic carbocycles. The summed E-state index contributed by atoms with van der Waals surface area (Å²) in [5.41, 5.74) is -0.311. The number of nitro groups is 2. The van der Waals surface area contributed by atoms with Crippen LogP contribution in [0.3, 0.4) is 0 Å². The second-order valence-electron chi connectivity index (χ2n) is 16.8. The van der Waals surface area contributed by atoms with Gasteiger partial charge in [0.15, 0.2) is 0 Å². The summed E-state index contributed by atoms with van der Waals surface area (Å²) >= 11 is 0. The van der Waals surface area contributed by atoms with Gasteiger partial charge in [0, 0.05) is 0 Å². The van der Waals surface area contributed by atoms with Crippen LogP contribution in [0.4, 0.5) is 11.4 Å². The molecule has 4 aromatic rings. The van der Waals surface area contributed by atoms with Gasteiger partial charge >= 0.3 is 11.9 Å². The average molecular weight is 895 g/mol. The van der Waals surface area contributed by atoms with Crippen LogP contribution in [0.2, 0.25) is 0 Å². The minimum atomic E-state index is -0.751. The number of unbranched alkanes of at least 4 members (excludes halogenated alkanes) is 18. The van der Waals surface area contributed by atoms with E-state index >= 15 is 0 Å². The van der Waals surface area contributed by atoms with Gasteiger partial charge < -0.3 is 23.7 Å². The Hall–Kier alpha value is -5.82. The van der Waals surface area contributed by atoms with Crippen molar-refractivity contribution in [2.75, 3.05) is 13.2 Å². The van der Waals surface area contributed by atoms with Crippen molar-refractivity contribution in [3.05, 3.63) is 115 Å². The van der Waals surface area contributed by atoms with Crippen molar-refractivity contribution in [1.82, 2.24) is 0 Å². The van der Waals surface area contributed by atoms with Crippen LogP contribution >= 0.6 is 0 Å². The van der Waals surface area contributed by atoms with E-state index in [1.807, 2.05) is 0 Å². The molecule has 1 aliphatic heterocycles. The van der Waals surface area contributed by atoms with Gasteiger partial charge in [0.1, 0.15) is 23.0 Å². The number of rotatable bonds is 30. The molecule has 0 unspecified atom stereocenters. The lowest BCUT2D eigenvalue weighted by molar-refractivity contribution is -0.386. The lowest BCUT2D eigenvalue weighted by atomic mass is 9.93. The third kappa shape index (κ3) is 16.3. The normalized spacial score (nSPS) is 11.8. The molecule has 0 radical (unpaired) electrons. The summed E-state index contributed by atoms with van der Waals surface area (Å²) in [6, 6.07) is 17.9. The average Bonchev–Trinajstić information content (AvgIpc) is 3.48. The topological polar surface area (TPSA) is 167 Å². The van der Waals surface area contributed by atoms with Gasteiger partial charge in [0.2, 0.25) is 0 Å². The van der Waals surface area contributed by atoms with E-state index in [1.54, 1.807) is 48.5 Å². The second-order valence-corrected chi connectivity index (χ2v) is 16.8. The second kappa shape index (κ2) is 27.5. The van der Waals surface area contributed by atoms with Crippen LogP contribution in [-0.4, -0.2) is 35.0 Å². The number of hydrogen-bond acceptors (Lipinski definition) is 11. The van der Waals surface area contributed by atoms with E-state index in [1.165, 1.54) is 115 Å². The molecule has 0 fully saturated rings. The van der Waals surface area contributed by atoms with Gasteiger partial charge in [-0.1, -0.05) is 129 Å². The van der Waals surface area contributed by atoms with Gasteiger partial charge in [-0.15, -0.1) is 0 Å². The van der Waals surface area contributed by atoms with E-state index in [0.29, 0.717) is 24.7 Å². The van der Waals surface area contributed by atoms with Crippen molar-refractivity contribution < 1.29 is 43.1 Å². The molecule has 0 bridgehead atoms. The monoisotopic (exact) mass is 894 g/mol. The van der Waals surface area contributed by atoms with E-state index < -0.39 is 33.2 Å². The third-order valence-electron chi connectivity index (χ3n) is 11.6. The Bertz CT molecular complexity index is 1990. The maximum absolute atomic E-state index is 13.2. The van der Waals surface area contributed by atoms with Crippen molar-refractivity contribution in [3.63, 3.8) is 0 Å². The molecular weight excluding hydrogens is 829 g/mol. The fourth-order valence-corrected chi connectivity index (χ4v) is 8.06. The van der Waals surface area contributed by atoms with Crippen molar-refractivity contribution in [1.29, 1.82) is 0 Å². The summed E-state index contributed by atoms with van der Waals surface area (Å²) in [6.45, 7) is 5.23. The molecule has 350 valence electrons. The van der Waals surface area contributed by atoms with E-state index in [9.17, 15) is 29.8 Å². The summed E-state index contributed by atoms with van der Waals surface area (Å²) in [5, 5.41) is 25.1. The number of carbonyl (C=O) groups is 2. The largest absolute Gasteiger partial charge is 0.494 e. The van der Waals surface area contributed by atoms with Gasteiger partial charge in [-0.3, -0.25) is 20.2 Å². The van der Waals surface area contributed by atoms with E-state index in [2.05, 4.69) is 13.8 Å². The Morgan fingerprint density at radius 1 is 0.477 bits per heavy atom. The molecule has 0 aromatic heterocycles. The van der Waals surface area contributed by atoms with Crippen LogP contribution in [0.25, 0.3) is 11.1 Å². The Labute approximate surface area is 383 Å². The zero-order valence-corrected chi connectivity index (χ0v) is 38.3. The maximum Gasteiger partial charge on any atom is 0.343 e. The molecule has 0 spiro atoms. The molecule has 0 saturated carbocycles. The molecule has 5 rings (SSSR count). The SMILES string of the molecule is CCCCCCCCCCCCOc1ccc(C(=O)Oc2cc3c(c([N+](=O)[O-])c2)-c2c(cc(OC(=O)c4ccc(OCCCCCCCCCCCC)cc4)cc2[N+](=O)[O-])COC3)cc1. The van der Waals surface area contributed by atoms with Gasteiger partial charge in [-0.25, -0.2) is 9.59 Å². The molecular formula is C52H66N2O11. The summed E-state index contributed by atoms with van der Waals surface area (Å²) in [6.07, 6.45) is 24.5. The standard InChI is InChI=1S/C52H66N2O11/c1-3-5-7-9-11-13-15-17-19-21-31-62-43-27-23-39(24-28-43)51(55)64-45-33-41-37-61-38-42-34-46(36-48(54(59)60)50(42)49(41)47(35-45)53(57)58)65-52(56)40-25-29-44(30-26-40)63-32-22-20-18-16-14-12-10-8-6-4-2/h23-30,33-36H,3-22,31-32,37-38H2,1-2H3. The van der Waals surface area contributed by atoms with Crippen LogP contribution in [0, 0.1) is 20.2 Å². The molecule has 1 aliphatic rings. The highest BCUT2D eigenvalue weighted by Gasteiger charge is 2.33. The van der Waals surface area contributed by atoms with Gasteiger partial charge in [0.05, 0.1) is 70.7 Å². The summed E-state index contributed by atoms with van der Waals surface area (Å²) in [5.74, 6) is -0.530. The molecule has 0 N–H and O–H groups in total. The van der Waals surface area contributed by atoms with Crippen molar-refractivity contribution >= 4 is 23.3 Å². The lowest BCUT2D eigenvalue weighted by Gasteiger charge is -2.14. The Morgan fingerprint density at radius 3 is 1.12 bits per heavy atom. The molecule has 65 heavy (non-hydrogen) atoms. The Kier molecular flexibility index (Phi) is 21.2. The number of fused-ring (bicyclic) bond motifs is 3. The maximum atomic E-state index is 13.2. The minimum Gasteiger partial charge on any atom is -0.494 e. The zero-order valence-electron chi connectivity index (χ0n) is 38.3.